The Morgan fingerprint density at radius 2 is 2.35 bits per heavy atom. The zero-order valence-corrected chi connectivity index (χ0v) is 11.3. The van der Waals surface area contributed by atoms with Gasteiger partial charge >= 0.3 is 5.97 Å². The van der Waals surface area contributed by atoms with E-state index in [1.54, 1.807) is 19.1 Å². The van der Waals surface area contributed by atoms with E-state index in [1.807, 2.05) is 0 Å². The number of benzene rings is 1. The van der Waals surface area contributed by atoms with Crippen LogP contribution in [0.4, 0.5) is 4.39 Å². The summed E-state index contributed by atoms with van der Waals surface area (Å²) in [4.78, 5) is 15.0. The molecule has 2 aromatic rings. The molecule has 0 saturated heterocycles. The number of carbonyl (C=O) groups is 1. The molecule has 1 aromatic heterocycles. The first kappa shape index (κ1) is 13.1. The van der Waals surface area contributed by atoms with Crippen LogP contribution in [0.5, 0.6) is 0 Å². The first-order valence-corrected chi connectivity index (χ1v) is 6.88. The molecule has 5 heteroatoms. The maximum absolute atomic E-state index is 13.4. The second kappa shape index (κ2) is 5.25. The summed E-state index contributed by atoms with van der Waals surface area (Å²) in [6.07, 6.45) is 1.12. The summed E-state index contributed by atoms with van der Waals surface area (Å²) in [6.45, 7) is 2.96. The minimum Gasteiger partial charge on any atom is -0.466 e. The minimum atomic E-state index is -0.236. The quantitative estimate of drug-likeness (QED) is 0.847. The molecule has 0 spiro atoms. The van der Waals surface area contributed by atoms with Crippen molar-refractivity contribution in [2.75, 3.05) is 13.2 Å². The van der Waals surface area contributed by atoms with Crippen molar-refractivity contribution in [2.45, 2.75) is 25.8 Å². The van der Waals surface area contributed by atoms with Crippen molar-refractivity contribution in [2.24, 2.45) is 0 Å². The SMILES string of the molecule is CCOC(=O)CC1NCCc2c1[nH]c1ccc(F)cc21. The Hall–Kier alpha value is -1.88. The number of halogens is 1. The fourth-order valence-electron chi connectivity index (χ4n) is 2.84. The molecule has 106 valence electrons. The second-order valence-electron chi connectivity index (χ2n) is 4.97. The lowest BCUT2D eigenvalue weighted by Crippen LogP contribution is -2.31. The molecule has 1 aromatic carbocycles. The van der Waals surface area contributed by atoms with Gasteiger partial charge in [-0.05, 0) is 43.7 Å². The van der Waals surface area contributed by atoms with E-state index in [1.165, 1.54) is 6.07 Å². The number of carbonyl (C=O) groups excluding carboxylic acids is 1. The van der Waals surface area contributed by atoms with E-state index in [-0.39, 0.29) is 24.2 Å². The summed E-state index contributed by atoms with van der Waals surface area (Å²) in [7, 11) is 0. The van der Waals surface area contributed by atoms with Gasteiger partial charge in [0.25, 0.3) is 0 Å². The molecular weight excluding hydrogens is 259 g/mol. The van der Waals surface area contributed by atoms with Gasteiger partial charge in [-0.1, -0.05) is 0 Å². The molecule has 2 heterocycles. The van der Waals surface area contributed by atoms with Crippen molar-refractivity contribution in [3.63, 3.8) is 0 Å². The lowest BCUT2D eigenvalue weighted by atomic mass is 9.97. The van der Waals surface area contributed by atoms with E-state index < -0.39 is 0 Å². The van der Waals surface area contributed by atoms with Crippen LogP contribution in [-0.2, 0) is 16.0 Å². The third-order valence-corrected chi connectivity index (χ3v) is 3.69. The van der Waals surface area contributed by atoms with Crippen molar-refractivity contribution >= 4 is 16.9 Å². The lowest BCUT2D eigenvalue weighted by Gasteiger charge is -2.23. The molecule has 0 radical (unpaired) electrons. The Bertz CT molecular complexity index is 651. The Balaban J connectivity index is 1.96. The van der Waals surface area contributed by atoms with Crippen LogP contribution in [0.15, 0.2) is 18.2 Å². The van der Waals surface area contributed by atoms with E-state index in [0.717, 1.165) is 35.1 Å². The van der Waals surface area contributed by atoms with Gasteiger partial charge in [0.15, 0.2) is 0 Å². The summed E-state index contributed by atoms with van der Waals surface area (Å²) >= 11 is 0. The van der Waals surface area contributed by atoms with Crippen LogP contribution < -0.4 is 5.32 Å². The van der Waals surface area contributed by atoms with Crippen molar-refractivity contribution in [3.05, 3.63) is 35.3 Å². The predicted molar refractivity (Wildman–Crippen MR) is 74.0 cm³/mol. The van der Waals surface area contributed by atoms with Crippen LogP contribution in [0.3, 0.4) is 0 Å². The molecule has 0 amide bonds. The highest BCUT2D eigenvalue weighted by Crippen LogP contribution is 2.32. The molecule has 2 N–H and O–H groups in total. The molecule has 3 rings (SSSR count). The zero-order valence-electron chi connectivity index (χ0n) is 11.3. The number of fused-ring (bicyclic) bond motifs is 3. The predicted octanol–water partition coefficient (Wildman–Crippen LogP) is 2.45. The van der Waals surface area contributed by atoms with Crippen LogP contribution in [0.25, 0.3) is 10.9 Å². The highest BCUT2D eigenvalue weighted by atomic mass is 19.1. The highest BCUT2D eigenvalue weighted by Gasteiger charge is 2.26. The molecule has 4 nitrogen and oxygen atoms in total. The van der Waals surface area contributed by atoms with E-state index in [0.29, 0.717) is 6.61 Å². The van der Waals surface area contributed by atoms with Crippen LogP contribution in [0.2, 0.25) is 0 Å². The first-order valence-electron chi connectivity index (χ1n) is 6.88. The van der Waals surface area contributed by atoms with E-state index >= 15 is 0 Å². The number of aromatic amines is 1. The van der Waals surface area contributed by atoms with Crippen molar-refractivity contribution in [1.29, 1.82) is 0 Å². The standard InChI is InChI=1S/C15H17FN2O2/c1-2-20-14(19)8-13-15-10(5-6-17-13)11-7-9(16)3-4-12(11)18-15/h3-4,7,13,17-18H,2,5-6,8H2,1H3. The number of hydrogen-bond acceptors (Lipinski definition) is 3. The third kappa shape index (κ3) is 2.29. The van der Waals surface area contributed by atoms with Crippen LogP contribution in [0.1, 0.15) is 30.6 Å². The second-order valence-corrected chi connectivity index (χ2v) is 4.97. The minimum absolute atomic E-state index is 0.0896. The van der Waals surface area contributed by atoms with Gasteiger partial charge < -0.3 is 15.0 Å². The van der Waals surface area contributed by atoms with E-state index in [9.17, 15) is 9.18 Å². The maximum atomic E-state index is 13.4. The lowest BCUT2D eigenvalue weighted by molar-refractivity contribution is -0.143. The maximum Gasteiger partial charge on any atom is 0.307 e. The number of rotatable bonds is 3. The van der Waals surface area contributed by atoms with Gasteiger partial charge in [0.2, 0.25) is 0 Å². The Labute approximate surface area is 116 Å². The van der Waals surface area contributed by atoms with Gasteiger partial charge in [-0.2, -0.15) is 0 Å². The zero-order chi connectivity index (χ0) is 14.1. The largest absolute Gasteiger partial charge is 0.466 e. The summed E-state index contributed by atoms with van der Waals surface area (Å²) in [5.41, 5.74) is 2.99. The molecule has 1 atom stereocenters. The molecule has 0 bridgehead atoms. The smallest absolute Gasteiger partial charge is 0.307 e. The monoisotopic (exact) mass is 276 g/mol. The Kier molecular flexibility index (Phi) is 3.44. The third-order valence-electron chi connectivity index (χ3n) is 3.69. The first-order chi connectivity index (χ1) is 9.69. The summed E-state index contributed by atoms with van der Waals surface area (Å²) in [6, 6.07) is 4.65. The number of aromatic nitrogens is 1. The van der Waals surface area contributed by atoms with Crippen LogP contribution in [0, 0.1) is 5.82 Å². The van der Waals surface area contributed by atoms with E-state index in [4.69, 9.17) is 4.74 Å². The summed E-state index contributed by atoms with van der Waals surface area (Å²) in [5, 5.41) is 4.23. The van der Waals surface area contributed by atoms with Gasteiger partial charge in [0.05, 0.1) is 19.1 Å². The van der Waals surface area contributed by atoms with Gasteiger partial charge in [-0.3, -0.25) is 4.79 Å². The fraction of sp³-hybridized carbons (Fsp3) is 0.400. The van der Waals surface area contributed by atoms with E-state index in [2.05, 4.69) is 10.3 Å². The fourth-order valence-corrected chi connectivity index (χ4v) is 2.84. The molecule has 20 heavy (non-hydrogen) atoms. The topological polar surface area (TPSA) is 54.1 Å². The average Bonchev–Trinajstić information content (AvgIpc) is 2.78. The molecule has 0 aliphatic carbocycles. The van der Waals surface area contributed by atoms with Gasteiger partial charge in [0.1, 0.15) is 5.82 Å². The number of esters is 1. The Morgan fingerprint density at radius 3 is 3.15 bits per heavy atom. The number of H-pyrrole nitrogens is 1. The van der Waals surface area contributed by atoms with Crippen molar-refractivity contribution in [1.82, 2.24) is 10.3 Å². The van der Waals surface area contributed by atoms with Gasteiger partial charge in [-0.15, -0.1) is 0 Å². The molecular formula is C15H17FN2O2. The van der Waals surface area contributed by atoms with Crippen LogP contribution in [-0.4, -0.2) is 24.1 Å². The number of hydrogen-bond donors (Lipinski definition) is 2. The molecule has 0 saturated carbocycles. The Morgan fingerprint density at radius 1 is 1.50 bits per heavy atom. The average molecular weight is 276 g/mol. The van der Waals surface area contributed by atoms with Gasteiger partial charge in [-0.25, -0.2) is 4.39 Å². The van der Waals surface area contributed by atoms with Crippen molar-refractivity contribution < 1.29 is 13.9 Å². The summed E-state index contributed by atoms with van der Waals surface area (Å²) < 4.78 is 18.4. The van der Waals surface area contributed by atoms with Crippen LogP contribution >= 0.6 is 0 Å². The highest BCUT2D eigenvalue weighted by molar-refractivity contribution is 5.85. The molecule has 1 aliphatic heterocycles. The summed E-state index contributed by atoms with van der Waals surface area (Å²) in [5.74, 6) is -0.456. The molecule has 1 unspecified atom stereocenters. The molecule has 0 fully saturated rings. The normalized spacial score (nSPS) is 18.0. The molecule has 1 aliphatic rings. The number of nitrogens with one attached hydrogen (secondary N) is 2. The number of ether oxygens (including phenoxy) is 1. The van der Waals surface area contributed by atoms with Crippen molar-refractivity contribution in [3.8, 4) is 0 Å². The van der Waals surface area contributed by atoms with Gasteiger partial charge in [0, 0.05) is 16.6 Å².